The summed E-state index contributed by atoms with van der Waals surface area (Å²) in [4.78, 5) is 53.5. The van der Waals surface area contributed by atoms with Crippen LogP contribution in [0.25, 0.3) is 0 Å². The molecule has 5 saturated heterocycles. The Bertz CT molecular complexity index is 1330. The molecule has 4 saturated carbocycles. The quantitative estimate of drug-likeness (QED) is 0.143. The monoisotopic (exact) mass is 724 g/mol. The summed E-state index contributed by atoms with van der Waals surface area (Å²) >= 11 is 0. The molecule has 52 heavy (non-hydrogen) atoms. The van der Waals surface area contributed by atoms with Gasteiger partial charge in [-0.05, 0) is 74.0 Å². The van der Waals surface area contributed by atoms with Crippen molar-refractivity contribution >= 4 is 23.6 Å². The lowest BCUT2D eigenvalue weighted by Crippen LogP contribution is -2.64. The van der Waals surface area contributed by atoms with Crippen molar-refractivity contribution in [2.45, 2.75) is 126 Å². The largest absolute Gasteiger partial charge is 0.369 e. The number of hydrogen-bond acceptors (Lipinski definition) is 12. The van der Waals surface area contributed by atoms with Crippen LogP contribution in [-0.2, 0) is 19.2 Å². The third-order valence-electron chi connectivity index (χ3n) is 15.6. The van der Waals surface area contributed by atoms with Crippen molar-refractivity contribution in [3.8, 4) is 0 Å². The van der Waals surface area contributed by atoms with Gasteiger partial charge in [0, 0.05) is 11.8 Å². The van der Waals surface area contributed by atoms with E-state index in [2.05, 4.69) is 42.5 Å². The minimum atomic E-state index is -1.37. The topological polar surface area (TPSA) is 269 Å². The Kier molecular flexibility index (Phi) is 9.29. The minimum absolute atomic E-state index is 0.0756. The highest BCUT2D eigenvalue weighted by Crippen LogP contribution is 2.52. The van der Waals surface area contributed by atoms with Gasteiger partial charge in [0.05, 0.1) is 73.0 Å². The van der Waals surface area contributed by atoms with Crippen molar-refractivity contribution in [1.82, 2.24) is 42.5 Å². The number of carbonyl (C=O) groups excluding carboxylic acids is 4. The van der Waals surface area contributed by atoms with Gasteiger partial charge in [0.15, 0.2) is 0 Å². The van der Waals surface area contributed by atoms with Gasteiger partial charge in [-0.15, -0.1) is 0 Å². The molecule has 0 aromatic heterocycles. The molecule has 9 rings (SSSR count). The van der Waals surface area contributed by atoms with E-state index in [-0.39, 0.29) is 37.0 Å². The second-order valence-electron chi connectivity index (χ2n) is 17.9. The fraction of sp³-hybridized carbons (Fsp3) is 0.889. The fourth-order valence-corrected chi connectivity index (χ4v) is 13.6. The van der Waals surface area contributed by atoms with Crippen LogP contribution in [0.5, 0.6) is 0 Å². The van der Waals surface area contributed by atoms with Gasteiger partial charge in [-0.2, -0.15) is 0 Å². The maximum atomic E-state index is 13.5. The first-order valence-electron chi connectivity index (χ1n) is 20.4. The zero-order valence-electron chi connectivity index (χ0n) is 30.0. The third-order valence-corrected chi connectivity index (χ3v) is 15.6. The number of nitrogens with two attached hydrogens (primary N) is 4. The van der Waals surface area contributed by atoms with Crippen molar-refractivity contribution in [1.29, 1.82) is 0 Å². The van der Waals surface area contributed by atoms with Gasteiger partial charge in [-0.1, -0.05) is 38.5 Å². The summed E-state index contributed by atoms with van der Waals surface area (Å²) in [5, 5.41) is 31.7. The molecule has 288 valence electrons. The molecule has 4 amide bonds. The molecule has 0 spiro atoms. The molecule has 9 aliphatic rings. The molecule has 20 atom stereocenters. The number of amides is 4. The SMILES string of the molecule is NC(=O)C1C(C(N)=O)C(C(N)=O)C2C3NC4NC(NC5NC(NC6NC(NC(N3)C2C1C(N)=O)C1CCCCC61)C1CCCCC51)C1CCCCC41. The van der Waals surface area contributed by atoms with E-state index in [1.807, 2.05) is 0 Å². The van der Waals surface area contributed by atoms with Crippen LogP contribution in [0.3, 0.4) is 0 Å². The summed E-state index contributed by atoms with van der Waals surface area (Å²) < 4.78 is 0. The highest BCUT2D eigenvalue weighted by Gasteiger charge is 2.65. The van der Waals surface area contributed by atoms with E-state index < -0.39 is 71.5 Å². The van der Waals surface area contributed by atoms with Crippen LogP contribution in [-0.4, -0.2) is 73.0 Å². The Balaban J connectivity index is 1.14. The molecular weight excluding hydrogens is 664 g/mol. The molecule has 0 aromatic rings. The van der Waals surface area contributed by atoms with E-state index in [0.717, 1.165) is 38.5 Å². The van der Waals surface area contributed by atoms with E-state index in [1.165, 1.54) is 38.5 Å². The molecule has 5 aliphatic heterocycles. The van der Waals surface area contributed by atoms with Gasteiger partial charge in [-0.3, -0.25) is 61.7 Å². The summed E-state index contributed by atoms with van der Waals surface area (Å²) in [6.07, 6.45) is 13.0. The lowest BCUT2D eigenvalue weighted by Gasteiger charge is -2.47. The van der Waals surface area contributed by atoms with Gasteiger partial charge in [-0.25, -0.2) is 0 Å². The maximum absolute atomic E-state index is 13.5. The number of hydrogen-bond donors (Lipinski definition) is 12. The summed E-state index contributed by atoms with van der Waals surface area (Å²) in [6, 6.07) is 0. The van der Waals surface area contributed by atoms with Crippen LogP contribution in [0, 0.1) is 71.0 Å². The van der Waals surface area contributed by atoms with Crippen molar-refractivity contribution in [3.05, 3.63) is 0 Å². The van der Waals surface area contributed by atoms with Crippen molar-refractivity contribution < 1.29 is 19.2 Å². The van der Waals surface area contributed by atoms with Gasteiger partial charge in [0.1, 0.15) is 0 Å². The van der Waals surface area contributed by atoms with Gasteiger partial charge in [0.25, 0.3) is 0 Å². The standard InChI is InChI=1S/C36H60N12O4/c37-25(49)19-20(26(38)50)22(28(40)52)24-23(21(19)27(39)51)35-46-33-17-11-5-3-9-15(17)31(44-33)42-29-13-7-1-2-8-14(13)30(41-29)43-32-16-10-4-6-12-18(16)34(45-32)47-36(24)48-35/h13-24,29-36,41-48H,1-12H2,(H2,37,49)(H2,38,50)(H2,39,51)(H2,40,52). The molecule has 9 fully saturated rings. The van der Waals surface area contributed by atoms with E-state index in [0.29, 0.717) is 35.5 Å². The predicted molar refractivity (Wildman–Crippen MR) is 189 cm³/mol. The number of primary amides is 4. The first-order valence-corrected chi connectivity index (χ1v) is 20.4. The van der Waals surface area contributed by atoms with Gasteiger partial charge < -0.3 is 22.9 Å². The van der Waals surface area contributed by atoms with E-state index in [1.54, 1.807) is 0 Å². The molecule has 16 N–H and O–H groups in total. The molecule has 16 heteroatoms. The van der Waals surface area contributed by atoms with Crippen LogP contribution < -0.4 is 65.5 Å². The molecule has 20 unspecified atom stereocenters. The summed E-state index contributed by atoms with van der Waals surface area (Å²) in [5.74, 6) is -7.13. The molecular formula is C36H60N12O4. The second kappa shape index (κ2) is 13.7. The highest BCUT2D eigenvalue weighted by molar-refractivity contribution is 5.95. The first kappa shape index (κ1) is 35.3. The number of nitrogens with one attached hydrogen (secondary N) is 8. The molecule has 0 aromatic carbocycles. The van der Waals surface area contributed by atoms with Crippen molar-refractivity contribution in [2.24, 2.45) is 93.9 Å². The van der Waals surface area contributed by atoms with Crippen LogP contribution in [0.15, 0.2) is 0 Å². The number of carbonyl (C=O) groups is 4. The van der Waals surface area contributed by atoms with Crippen LogP contribution in [0.1, 0.15) is 77.0 Å². The first-order chi connectivity index (χ1) is 25.1. The molecule has 16 nitrogen and oxygen atoms in total. The fourth-order valence-electron chi connectivity index (χ4n) is 13.6. The van der Waals surface area contributed by atoms with Crippen LogP contribution in [0.4, 0.5) is 0 Å². The number of rotatable bonds is 4. The third kappa shape index (κ3) is 5.69. The summed E-state index contributed by atoms with van der Waals surface area (Å²) in [6.45, 7) is 0. The average Bonchev–Trinajstić information content (AvgIpc) is 3.86. The Hall–Kier alpha value is -2.44. The van der Waals surface area contributed by atoms with E-state index in [9.17, 15) is 19.2 Å². The molecule has 4 aliphatic carbocycles. The minimum Gasteiger partial charge on any atom is -0.369 e. The smallest absolute Gasteiger partial charge is 0.222 e. The Morgan fingerprint density at radius 1 is 0.308 bits per heavy atom. The normalized spacial score (nSPS) is 52.5. The second-order valence-corrected chi connectivity index (χ2v) is 17.9. The Morgan fingerprint density at radius 3 is 0.712 bits per heavy atom. The summed E-state index contributed by atoms with van der Waals surface area (Å²) in [7, 11) is 0. The van der Waals surface area contributed by atoms with Gasteiger partial charge >= 0.3 is 0 Å². The summed E-state index contributed by atoms with van der Waals surface area (Å²) in [5.41, 5.74) is 24.2. The molecule has 5 heterocycles. The average molecular weight is 725 g/mol. The van der Waals surface area contributed by atoms with Crippen molar-refractivity contribution in [2.75, 3.05) is 0 Å². The molecule has 8 bridgehead atoms. The Morgan fingerprint density at radius 2 is 0.500 bits per heavy atom. The highest BCUT2D eigenvalue weighted by atomic mass is 16.2. The lowest BCUT2D eigenvalue weighted by molar-refractivity contribution is -0.155. The Labute approximate surface area is 305 Å². The lowest BCUT2D eigenvalue weighted by atomic mass is 9.55. The van der Waals surface area contributed by atoms with E-state index in [4.69, 9.17) is 22.9 Å². The van der Waals surface area contributed by atoms with Crippen LogP contribution in [0.2, 0.25) is 0 Å². The molecule has 0 radical (unpaired) electrons. The maximum Gasteiger partial charge on any atom is 0.222 e. The van der Waals surface area contributed by atoms with Crippen LogP contribution >= 0.6 is 0 Å². The zero-order chi connectivity index (χ0) is 36.0. The van der Waals surface area contributed by atoms with E-state index >= 15 is 0 Å². The zero-order valence-corrected chi connectivity index (χ0v) is 30.0. The van der Waals surface area contributed by atoms with Gasteiger partial charge in [0.2, 0.25) is 23.6 Å². The predicted octanol–water partition coefficient (Wildman–Crippen LogP) is -2.55. The number of fused-ring (bicyclic) bond motifs is 20. The van der Waals surface area contributed by atoms with Crippen molar-refractivity contribution in [3.63, 3.8) is 0 Å².